The van der Waals surface area contributed by atoms with Crippen LogP contribution in [0.4, 0.5) is 0 Å². The Morgan fingerprint density at radius 3 is 2.27 bits per heavy atom. The number of benzene rings is 1. The van der Waals surface area contributed by atoms with Crippen LogP contribution in [0.5, 0.6) is 0 Å². The average Bonchev–Trinajstić information content (AvgIpc) is 3.10. The fraction of sp³-hybridized carbons (Fsp3) is 0.294. The van der Waals surface area contributed by atoms with E-state index in [1.165, 1.54) is 0 Å². The number of hydrogen-bond donors (Lipinski definition) is 1. The number of H-pyrrole nitrogens is 1. The highest BCUT2D eigenvalue weighted by Crippen LogP contribution is 2.10. The second-order valence-electron chi connectivity index (χ2n) is 5.44. The highest BCUT2D eigenvalue weighted by Gasteiger charge is 2.24. The summed E-state index contributed by atoms with van der Waals surface area (Å²) in [7, 11) is 0. The first kappa shape index (κ1) is 14.4. The van der Waals surface area contributed by atoms with Gasteiger partial charge in [-0.1, -0.05) is 30.3 Å². The topological polar surface area (TPSA) is 56.4 Å². The van der Waals surface area contributed by atoms with Gasteiger partial charge in [-0.15, -0.1) is 0 Å². The highest BCUT2D eigenvalue weighted by atomic mass is 16.2. The summed E-state index contributed by atoms with van der Waals surface area (Å²) in [5, 5.41) is 0. The molecule has 1 saturated heterocycles. The van der Waals surface area contributed by atoms with Gasteiger partial charge in [-0.2, -0.15) is 0 Å². The van der Waals surface area contributed by atoms with Gasteiger partial charge in [0.1, 0.15) is 0 Å². The first-order valence-corrected chi connectivity index (χ1v) is 7.48. The van der Waals surface area contributed by atoms with Crippen LogP contribution < -0.4 is 0 Å². The summed E-state index contributed by atoms with van der Waals surface area (Å²) >= 11 is 0. The highest BCUT2D eigenvalue weighted by molar-refractivity contribution is 5.94. The predicted octanol–water partition coefficient (Wildman–Crippen LogP) is 1.54. The number of carbonyl (C=O) groups excluding carboxylic acids is 2. The molecule has 0 aliphatic carbocycles. The molecule has 1 aromatic carbocycles. The lowest BCUT2D eigenvalue weighted by Gasteiger charge is -2.34. The zero-order valence-electron chi connectivity index (χ0n) is 12.4. The lowest BCUT2D eigenvalue weighted by molar-refractivity contribution is -0.131. The molecule has 22 heavy (non-hydrogen) atoms. The maximum Gasteiger partial charge on any atom is 0.255 e. The molecular weight excluding hydrogens is 278 g/mol. The zero-order chi connectivity index (χ0) is 15.4. The van der Waals surface area contributed by atoms with Gasteiger partial charge in [-0.3, -0.25) is 9.59 Å². The van der Waals surface area contributed by atoms with Crippen LogP contribution in [0.3, 0.4) is 0 Å². The lowest BCUT2D eigenvalue weighted by Crippen LogP contribution is -2.50. The largest absolute Gasteiger partial charge is 0.367 e. The number of aromatic nitrogens is 1. The second kappa shape index (κ2) is 6.47. The SMILES string of the molecule is O=C(Cc1ccccc1)N1CCN(C(=O)c2cc[nH]c2)CC1. The number of rotatable bonds is 3. The Kier molecular flexibility index (Phi) is 4.23. The molecule has 1 aliphatic rings. The fourth-order valence-electron chi connectivity index (χ4n) is 2.68. The summed E-state index contributed by atoms with van der Waals surface area (Å²) < 4.78 is 0. The molecule has 1 N–H and O–H groups in total. The summed E-state index contributed by atoms with van der Waals surface area (Å²) in [6.07, 6.45) is 3.87. The van der Waals surface area contributed by atoms with Crippen LogP contribution in [0.1, 0.15) is 15.9 Å². The number of carbonyl (C=O) groups is 2. The van der Waals surface area contributed by atoms with E-state index in [-0.39, 0.29) is 11.8 Å². The van der Waals surface area contributed by atoms with Crippen molar-refractivity contribution in [1.29, 1.82) is 0 Å². The Bertz CT molecular complexity index is 629. The van der Waals surface area contributed by atoms with Crippen LogP contribution in [-0.2, 0) is 11.2 Å². The molecule has 114 valence electrons. The Balaban J connectivity index is 1.53. The number of aromatic amines is 1. The van der Waals surface area contributed by atoms with Crippen LogP contribution in [0.2, 0.25) is 0 Å². The van der Waals surface area contributed by atoms with Crippen molar-refractivity contribution in [2.75, 3.05) is 26.2 Å². The van der Waals surface area contributed by atoms with E-state index in [2.05, 4.69) is 4.98 Å². The third-order valence-corrected chi connectivity index (χ3v) is 3.96. The van der Waals surface area contributed by atoms with Crippen molar-refractivity contribution >= 4 is 11.8 Å². The summed E-state index contributed by atoms with van der Waals surface area (Å²) in [5.41, 5.74) is 1.70. The lowest BCUT2D eigenvalue weighted by atomic mass is 10.1. The van der Waals surface area contributed by atoms with E-state index < -0.39 is 0 Å². The first-order valence-electron chi connectivity index (χ1n) is 7.48. The minimum Gasteiger partial charge on any atom is -0.367 e. The molecule has 5 heteroatoms. The van der Waals surface area contributed by atoms with E-state index in [0.717, 1.165) is 5.56 Å². The van der Waals surface area contributed by atoms with Gasteiger partial charge in [-0.05, 0) is 11.6 Å². The van der Waals surface area contributed by atoms with Gasteiger partial charge < -0.3 is 14.8 Å². The fourth-order valence-corrected chi connectivity index (χ4v) is 2.68. The van der Waals surface area contributed by atoms with Crippen molar-refractivity contribution in [2.45, 2.75) is 6.42 Å². The first-order chi connectivity index (χ1) is 10.7. The van der Waals surface area contributed by atoms with E-state index in [9.17, 15) is 9.59 Å². The summed E-state index contributed by atoms with van der Waals surface area (Å²) in [6.45, 7) is 2.37. The maximum absolute atomic E-state index is 12.3. The second-order valence-corrected chi connectivity index (χ2v) is 5.44. The Morgan fingerprint density at radius 2 is 1.64 bits per heavy atom. The number of piperazine rings is 1. The van der Waals surface area contributed by atoms with Gasteiger partial charge in [0, 0.05) is 38.6 Å². The summed E-state index contributed by atoms with van der Waals surface area (Å²) in [5.74, 6) is 0.149. The van der Waals surface area contributed by atoms with E-state index in [0.29, 0.717) is 38.2 Å². The molecule has 2 amide bonds. The number of hydrogen-bond acceptors (Lipinski definition) is 2. The van der Waals surface area contributed by atoms with Crippen molar-refractivity contribution < 1.29 is 9.59 Å². The van der Waals surface area contributed by atoms with Gasteiger partial charge in [0.05, 0.1) is 12.0 Å². The zero-order valence-corrected chi connectivity index (χ0v) is 12.4. The average molecular weight is 297 g/mol. The molecule has 0 atom stereocenters. The van der Waals surface area contributed by atoms with E-state index >= 15 is 0 Å². The monoisotopic (exact) mass is 297 g/mol. The van der Waals surface area contributed by atoms with E-state index in [4.69, 9.17) is 0 Å². The molecule has 0 saturated carbocycles. The van der Waals surface area contributed by atoms with Gasteiger partial charge in [0.25, 0.3) is 5.91 Å². The number of nitrogens with zero attached hydrogens (tertiary/aromatic N) is 2. The van der Waals surface area contributed by atoms with Crippen molar-refractivity contribution in [3.63, 3.8) is 0 Å². The van der Waals surface area contributed by atoms with Crippen molar-refractivity contribution in [1.82, 2.24) is 14.8 Å². The quantitative estimate of drug-likeness (QED) is 0.934. The number of nitrogens with one attached hydrogen (secondary N) is 1. The summed E-state index contributed by atoms with van der Waals surface area (Å²) in [6, 6.07) is 11.5. The molecule has 5 nitrogen and oxygen atoms in total. The molecular formula is C17H19N3O2. The third kappa shape index (κ3) is 3.19. The molecule has 1 aliphatic heterocycles. The predicted molar refractivity (Wildman–Crippen MR) is 83.4 cm³/mol. The van der Waals surface area contributed by atoms with E-state index in [1.807, 2.05) is 35.2 Å². The molecule has 2 aromatic rings. The van der Waals surface area contributed by atoms with Crippen LogP contribution in [0.25, 0.3) is 0 Å². The molecule has 0 spiro atoms. The smallest absolute Gasteiger partial charge is 0.255 e. The van der Waals surface area contributed by atoms with Crippen LogP contribution in [-0.4, -0.2) is 52.8 Å². The molecule has 3 rings (SSSR count). The van der Waals surface area contributed by atoms with Crippen molar-refractivity contribution in [2.24, 2.45) is 0 Å². The van der Waals surface area contributed by atoms with Crippen LogP contribution in [0, 0.1) is 0 Å². The normalized spacial score (nSPS) is 14.9. The minimum absolute atomic E-state index is 0.0245. The molecule has 0 bridgehead atoms. The molecule has 2 heterocycles. The molecule has 1 fully saturated rings. The van der Waals surface area contributed by atoms with Crippen LogP contribution in [0.15, 0.2) is 48.8 Å². The van der Waals surface area contributed by atoms with Gasteiger partial charge in [0.15, 0.2) is 0 Å². The van der Waals surface area contributed by atoms with Gasteiger partial charge in [-0.25, -0.2) is 0 Å². The van der Waals surface area contributed by atoms with E-state index in [1.54, 1.807) is 23.4 Å². The van der Waals surface area contributed by atoms with Gasteiger partial charge in [0.2, 0.25) is 5.91 Å². The molecule has 1 aromatic heterocycles. The van der Waals surface area contributed by atoms with Gasteiger partial charge >= 0.3 is 0 Å². The standard InChI is InChI=1S/C17H19N3O2/c21-16(12-14-4-2-1-3-5-14)19-8-10-20(11-9-19)17(22)15-6-7-18-13-15/h1-7,13,18H,8-12H2. The summed E-state index contributed by atoms with van der Waals surface area (Å²) in [4.78, 5) is 31.1. The van der Waals surface area contributed by atoms with Crippen LogP contribution >= 0.6 is 0 Å². The Morgan fingerprint density at radius 1 is 0.955 bits per heavy atom. The Hall–Kier alpha value is -2.56. The Labute approximate surface area is 129 Å². The van der Waals surface area contributed by atoms with Crippen molar-refractivity contribution in [3.8, 4) is 0 Å². The third-order valence-electron chi connectivity index (χ3n) is 3.96. The molecule has 0 radical (unpaired) electrons. The van der Waals surface area contributed by atoms with Crippen molar-refractivity contribution in [3.05, 3.63) is 59.9 Å². The number of amides is 2. The molecule has 0 unspecified atom stereocenters. The minimum atomic E-state index is 0.0245. The maximum atomic E-state index is 12.3.